The molecule has 2 heterocycles. The van der Waals surface area contributed by atoms with Gasteiger partial charge in [-0.15, -0.1) is 0 Å². The van der Waals surface area contributed by atoms with Crippen LogP contribution in [0.4, 0.5) is 17.5 Å². The molecule has 0 amide bonds. The van der Waals surface area contributed by atoms with Crippen LogP contribution < -0.4 is 30.4 Å². The molecule has 1 aromatic heterocycles. The molecule has 1 fully saturated rings. The predicted molar refractivity (Wildman–Crippen MR) is 114 cm³/mol. The summed E-state index contributed by atoms with van der Waals surface area (Å²) in [5.41, 5.74) is 7.64. The molecule has 0 bridgehead atoms. The van der Waals surface area contributed by atoms with E-state index in [1.54, 1.807) is 38.5 Å². The number of hydrogen-bond acceptors (Lipinski definition) is 8. The van der Waals surface area contributed by atoms with Crippen LogP contribution in [-0.2, 0) is 0 Å². The van der Waals surface area contributed by atoms with Gasteiger partial charge in [-0.2, -0.15) is 4.98 Å². The lowest BCUT2D eigenvalue weighted by Crippen LogP contribution is -2.48. The van der Waals surface area contributed by atoms with E-state index >= 15 is 0 Å². The van der Waals surface area contributed by atoms with Crippen LogP contribution in [0.2, 0.25) is 0 Å². The average molecular weight is 393 g/mol. The lowest BCUT2D eigenvalue weighted by Gasteiger charge is -2.35. The van der Waals surface area contributed by atoms with Crippen molar-refractivity contribution in [3.63, 3.8) is 0 Å². The highest BCUT2D eigenvalue weighted by Gasteiger charge is 2.22. The number of fused-ring (bicyclic) bond motifs is 1. The first-order chi connectivity index (χ1) is 14.1. The Morgan fingerprint density at radius 3 is 2.28 bits per heavy atom. The zero-order chi connectivity index (χ0) is 20.4. The van der Waals surface area contributed by atoms with Gasteiger partial charge in [0, 0.05) is 37.6 Å². The van der Waals surface area contributed by atoms with E-state index in [1.165, 1.54) is 0 Å². The fraction of sp³-hybridized carbons (Fsp3) is 0.286. The van der Waals surface area contributed by atoms with Gasteiger partial charge in [-0.1, -0.05) is 18.2 Å². The second kappa shape index (κ2) is 7.83. The molecule has 2 N–H and O–H groups in total. The summed E-state index contributed by atoms with van der Waals surface area (Å²) in [5.74, 6) is 2.14. The van der Waals surface area contributed by atoms with Crippen LogP contribution in [0.25, 0.3) is 10.9 Å². The fourth-order valence-electron chi connectivity index (χ4n) is 3.54. The van der Waals surface area contributed by atoms with Crippen LogP contribution in [0.15, 0.2) is 47.3 Å². The van der Waals surface area contributed by atoms with Gasteiger partial charge in [0.25, 0.3) is 0 Å². The minimum atomic E-state index is 0.0238. The molecule has 29 heavy (non-hydrogen) atoms. The molecule has 150 valence electrons. The third-order valence-electron chi connectivity index (χ3n) is 5.10. The van der Waals surface area contributed by atoms with Crippen molar-refractivity contribution >= 4 is 28.4 Å². The molecule has 0 radical (unpaired) electrons. The van der Waals surface area contributed by atoms with Crippen molar-refractivity contribution in [2.75, 3.05) is 55.9 Å². The number of hydrogen-bond donors (Lipinski definition) is 1. The third kappa shape index (κ3) is 3.61. The minimum Gasteiger partial charge on any atom is -0.493 e. The van der Waals surface area contributed by atoms with Gasteiger partial charge < -0.3 is 25.0 Å². The maximum atomic E-state index is 12.3. The Hall–Kier alpha value is -3.55. The Balaban J connectivity index is 1.60. The summed E-state index contributed by atoms with van der Waals surface area (Å²) in [6.07, 6.45) is 0. The Labute approximate surface area is 168 Å². The zero-order valence-corrected chi connectivity index (χ0v) is 16.5. The lowest BCUT2D eigenvalue weighted by molar-refractivity contribution is 0.356. The molecular weight excluding hydrogens is 370 g/mol. The summed E-state index contributed by atoms with van der Waals surface area (Å²) >= 11 is 0. The summed E-state index contributed by atoms with van der Waals surface area (Å²) in [4.78, 5) is 25.6. The van der Waals surface area contributed by atoms with Gasteiger partial charge in [-0.3, -0.25) is 4.79 Å². The standard InChI is InChI=1S/C21H23N5O3/c1-28-18-12-14-15(13-19(18)29-2)23-21(24-20(14)22)26-10-8-25(9-11-26)16-6-4-3-5-7-17(16)27/h3-7,12-13H,8-11H2,1-2H3,(H2,22,23,24). The topological polar surface area (TPSA) is 93.8 Å². The zero-order valence-electron chi connectivity index (χ0n) is 16.5. The van der Waals surface area contributed by atoms with Gasteiger partial charge in [0.15, 0.2) is 11.5 Å². The number of rotatable bonds is 4. The number of anilines is 3. The van der Waals surface area contributed by atoms with E-state index in [2.05, 4.69) is 19.8 Å². The smallest absolute Gasteiger partial charge is 0.228 e. The quantitative estimate of drug-likeness (QED) is 0.719. The summed E-state index contributed by atoms with van der Waals surface area (Å²) < 4.78 is 10.7. The number of nitrogens with two attached hydrogens (primary N) is 1. The van der Waals surface area contributed by atoms with Crippen LogP contribution in [0.5, 0.6) is 11.5 Å². The summed E-state index contributed by atoms with van der Waals surface area (Å²) in [6, 6.07) is 12.6. The van der Waals surface area contributed by atoms with Crippen molar-refractivity contribution in [1.29, 1.82) is 0 Å². The van der Waals surface area contributed by atoms with E-state index < -0.39 is 0 Å². The van der Waals surface area contributed by atoms with E-state index in [9.17, 15) is 4.79 Å². The van der Waals surface area contributed by atoms with Crippen LogP contribution in [0.1, 0.15) is 0 Å². The van der Waals surface area contributed by atoms with Crippen molar-refractivity contribution in [2.45, 2.75) is 0 Å². The van der Waals surface area contributed by atoms with Crippen LogP contribution in [0.3, 0.4) is 0 Å². The number of nitrogens with zero attached hydrogens (tertiary/aromatic N) is 4. The second-order valence-corrected chi connectivity index (χ2v) is 6.77. The first-order valence-electron chi connectivity index (χ1n) is 9.39. The van der Waals surface area contributed by atoms with E-state index in [0.717, 1.165) is 5.39 Å². The number of nitrogen functional groups attached to an aromatic ring is 1. The van der Waals surface area contributed by atoms with E-state index in [1.807, 2.05) is 18.2 Å². The van der Waals surface area contributed by atoms with Crippen LogP contribution >= 0.6 is 0 Å². The first-order valence-corrected chi connectivity index (χ1v) is 9.39. The second-order valence-electron chi connectivity index (χ2n) is 6.77. The van der Waals surface area contributed by atoms with Crippen molar-refractivity contribution in [3.05, 3.63) is 52.7 Å². The number of methoxy groups -OCH3 is 2. The highest BCUT2D eigenvalue weighted by molar-refractivity contribution is 5.91. The number of ether oxygens (including phenoxy) is 2. The maximum Gasteiger partial charge on any atom is 0.228 e. The number of aromatic nitrogens is 2. The molecule has 1 aliphatic rings. The first kappa shape index (κ1) is 18.8. The van der Waals surface area contributed by atoms with E-state index in [4.69, 9.17) is 15.2 Å². The Kier molecular flexibility index (Phi) is 5.07. The van der Waals surface area contributed by atoms with Gasteiger partial charge in [0.1, 0.15) is 5.82 Å². The molecule has 4 rings (SSSR count). The Morgan fingerprint density at radius 2 is 1.55 bits per heavy atom. The van der Waals surface area contributed by atoms with E-state index in [-0.39, 0.29) is 5.43 Å². The van der Waals surface area contributed by atoms with Gasteiger partial charge in [0.05, 0.1) is 25.4 Å². The molecule has 0 unspecified atom stereocenters. The Bertz CT molecular complexity index is 1100. The minimum absolute atomic E-state index is 0.0238. The molecule has 8 heteroatoms. The maximum absolute atomic E-state index is 12.3. The van der Waals surface area contributed by atoms with E-state index in [0.29, 0.717) is 60.6 Å². The highest BCUT2D eigenvalue weighted by Crippen LogP contribution is 2.34. The van der Waals surface area contributed by atoms with Crippen molar-refractivity contribution < 1.29 is 9.47 Å². The predicted octanol–water partition coefficient (Wildman–Crippen LogP) is 1.92. The molecular formula is C21H23N5O3. The molecule has 2 aromatic carbocycles. The molecule has 1 saturated heterocycles. The molecule has 0 aliphatic carbocycles. The molecule has 3 aromatic rings. The van der Waals surface area contributed by atoms with Gasteiger partial charge in [-0.25, -0.2) is 4.98 Å². The summed E-state index contributed by atoms with van der Waals surface area (Å²) in [5, 5.41) is 0.720. The molecule has 1 aliphatic heterocycles. The fourth-order valence-corrected chi connectivity index (χ4v) is 3.54. The lowest BCUT2D eigenvalue weighted by atomic mass is 10.2. The molecule has 0 saturated carbocycles. The third-order valence-corrected chi connectivity index (χ3v) is 5.10. The average Bonchev–Trinajstić information content (AvgIpc) is 2.97. The molecule has 8 nitrogen and oxygen atoms in total. The summed E-state index contributed by atoms with van der Waals surface area (Å²) in [7, 11) is 3.16. The van der Waals surface area contributed by atoms with Crippen molar-refractivity contribution in [2.24, 2.45) is 0 Å². The number of piperazine rings is 1. The van der Waals surface area contributed by atoms with Gasteiger partial charge in [-0.05, 0) is 18.2 Å². The van der Waals surface area contributed by atoms with Crippen molar-refractivity contribution in [1.82, 2.24) is 9.97 Å². The molecule has 0 atom stereocenters. The monoisotopic (exact) mass is 393 g/mol. The Morgan fingerprint density at radius 1 is 0.897 bits per heavy atom. The van der Waals surface area contributed by atoms with Gasteiger partial charge >= 0.3 is 0 Å². The SMILES string of the molecule is COc1cc2nc(N3CCN(c4cccccc4=O)CC3)nc(N)c2cc1OC. The van der Waals surface area contributed by atoms with Crippen molar-refractivity contribution in [3.8, 4) is 11.5 Å². The van der Waals surface area contributed by atoms with Crippen LogP contribution in [-0.4, -0.2) is 50.4 Å². The normalized spacial score (nSPS) is 14.1. The largest absolute Gasteiger partial charge is 0.493 e. The summed E-state index contributed by atoms with van der Waals surface area (Å²) in [6.45, 7) is 2.78. The highest BCUT2D eigenvalue weighted by atomic mass is 16.5. The molecule has 0 spiro atoms. The van der Waals surface area contributed by atoms with Crippen LogP contribution in [0, 0.1) is 0 Å². The number of benzene rings is 1. The van der Waals surface area contributed by atoms with Gasteiger partial charge in [0.2, 0.25) is 11.4 Å².